The number of aromatic nitrogens is 1. The molecule has 1 aliphatic rings. The second kappa shape index (κ2) is 8.80. The number of nitrogens with zero attached hydrogens (tertiary/aromatic N) is 2. The van der Waals surface area contributed by atoms with Crippen molar-refractivity contribution in [1.29, 1.82) is 0 Å². The monoisotopic (exact) mass is 397 g/mol. The molecule has 1 aliphatic heterocycles. The summed E-state index contributed by atoms with van der Waals surface area (Å²) in [4.78, 5) is 27.5. The van der Waals surface area contributed by atoms with Gasteiger partial charge in [0.15, 0.2) is 0 Å². The molecule has 1 saturated heterocycles. The molecule has 2 amide bonds. The molecule has 1 atom stereocenters. The third-order valence-electron chi connectivity index (χ3n) is 5.62. The molecule has 0 aliphatic carbocycles. The van der Waals surface area contributed by atoms with E-state index in [0.717, 1.165) is 24.1 Å². The lowest BCUT2D eigenvalue weighted by molar-refractivity contribution is -0.143. The molecular formula is C23H31N3O3. The van der Waals surface area contributed by atoms with E-state index in [1.807, 2.05) is 62.9 Å². The van der Waals surface area contributed by atoms with Gasteiger partial charge in [-0.3, -0.25) is 9.59 Å². The largest absolute Gasteiger partial charge is 0.361 e. The average molecular weight is 398 g/mol. The van der Waals surface area contributed by atoms with Gasteiger partial charge in [-0.05, 0) is 26.7 Å². The van der Waals surface area contributed by atoms with Crippen molar-refractivity contribution in [3.8, 4) is 11.3 Å². The molecule has 2 heterocycles. The topological polar surface area (TPSA) is 75.4 Å². The lowest BCUT2D eigenvalue weighted by atomic mass is 9.75. The van der Waals surface area contributed by atoms with Gasteiger partial charge in [-0.2, -0.15) is 0 Å². The van der Waals surface area contributed by atoms with Crippen molar-refractivity contribution in [2.24, 2.45) is 11.3 Å². The molecule has 6 nitrogen and oxygen atoms in total. The normalized spacial score (nSPS) is 19.4. The lowest BCUT2D eigenvalue weighted by Crippen LogP contribution is -2.55. The Hall–Kier alpha value is -2.63. The van der Waals surface area contributed by atoms with Crippen LogP contribution in [0.1, 0.15) is 44.9 Å². The Bertz CT molecular complexity index is 857. The Labute approximate surface area is 172 Å². The Morgan fingerprint density at radius 1 is 1.28 bits per heavy atom. The van der Waals surface area contributed by atoms with Gasteiger partial charge >= 0.3 is 0 Å². The molecule has 6 heteroatoms. The molecule has 0 spiro atoms. The van der Waals surface area contributed by atoms with E-state index in [2.05, 4.69) is 10.5 Å². The van der Waals surface area contributed by atoms with Gasteiger partial charge in [-0.1, -0.05) is 48.8 Å². The van der Waals surface area contributed by atoms with Crippen molar-refractivity contribution in [1.82, 2.24) is 15.4 Å². The molecular weight excluding hydrogens is 366 g/mol. The van der Waals surface area contributed by atoms with Crippen molar-refractivity contribution >= 4 is 11.8 Å². The van der Waals surface area contributed by atoms with Gasteiger partial charge in [-0.15, -0.1) is 0 Å². The second-order valence-electron chi connectivity index (χ2n) is 8.38. The fourth-order valence-electron chi connectivity index (χ4n) is 4.03. The van der Waals surface area contributed by atoms with Crippen molar-refractivity contribution in [2.75, 3.05) is 19.6 Å². The first-order chi connectivity index (χ1) is 13.8. The smallest absolute Gasteiger partial charge is 0.228 e. The number of amides is 2. The van der Waals surface area contributed by atoms with Crippen molar-refractivity contribution < 1.29 is 14.1 Å². The highest BCUT2D eigenvalue weighted by Gasteiger charge is 2.44. The minimum absolute atomic E-state index is 0.0189. The summed E-state index contributed by atoms with van der Waals surface area (Å²) in [7, 11) is 0. The lowest BCUT2D eigenvalue weighted by Gasteiger charge is -2.41. The highest BCUT2D eigenvalue weighted by molar-refractivity contribution is 5.85. The molecule has 2 aromatic rings. The van der Waals surface area contributed by atoms with Crippen LogP contribution >= 0.6 is 0 Å². The number of carbonyl (C=O) groups excluding carboxylic acids is 2. The minimum atomic E-state index is -0.692. The minimum Gasteiger partial charge on any atom is -0.361 e. The van der Waals surface area contributed by atoms with Gasteiger partial charge < -0.3 is 14.7 Å². The van der Waals surface area contributed by atoms with Crippen LogP contribution in [0.2, 0.25) is 0 Å². The van der Waals surface area contributed by atoms with E-state index >= 15 is 0 Å². The summed E-state index contributed by atoms with van der Waals surface area (Å²) in [6.07, 6.45) is 1.95. The number of likely N-dealkylation sites (tertiary alicyclic amines) is 1. The molecule has 1 fully saturated rings. The van der Waals surface area contributed by atoms with Crippen LogP contribution in [0.3, 0.4) is 0 Å². The molecule has 0 bridgehead atoms. The first-order valence-electron chi connectivity index (χ1n) is 10.4. The Balaban J connectivity index is 1.85. The first-order valence-corrected chi connectivity index (χ1v) is 10.4. The van der Waals surface area contributed by atoms with Gasteiger partial charge in [0.05, 0.1) is 5.41 Å². The van der Waals surface area contributed by atoms with Gasteiger partial charge in [-0.25, -0.2) is 0 Å². The molecule has 0 radical (unpaired) electrons. The maximum atomic E-state index is 13.1. The molecule has 3 rings (SSSR count). The summed E-state index contributed by atoms with van der Waals surface area (Å²) in [5.41, 5.74) is 2.24. The van der Waals surface area contributed by atoms with E-state index in [4.69, 9.17) is 4.52 Å². The highest BCUT2D eigenvalue weighted by Crippen LogP contribution is 2.35. The van der Waals surface area contributed by atoms with E-state index in [1.54, 1.807) is 0 Å². The number of rotatable bonds is 6. The predicted octanol–water partition coefficient (Wildman–Crippen LogP) is 3.59. The van der Waals surface area contributed by atoms with Crippen LogP contribution < -0.4 is 5.32 Å². The Morgan fingerprint density at radius 3 is 2.66 bits per heavy atom. The van der Waals surface area contributed by atoms with E-state index in [9.17, 15) is 9.59 Å². The molecule has 29 heavy (non-hydrogen) atoms. The predicted molar refractivity (Wildman–Crippen MR) is 112 cm³/mol. The van der Waals surface area contributed by atoms with Crippen LogP contribution in [0.4, 0.5) is 0 Å². The number of carbonyl (C=O) groups is 2. The number of hydrogen-bond acceptors (Lipinski definition) is 4. The fourth-order valence-corrected chi connectivity index (χ4v) is 4.03. The number of benzene rings is 1. The van der Waals surface area contributed by atoms with E-state index in [0.29, 0.717) is 31.8 Å². The fraction of sp³-hybridized carbons (Fsp3) is 0.522. The van der Waals surface area contributed by atoms with E-state index < -0.39 is 5.41 Å². The number of aryl methyl sites for hydroxylation is 1. The number of piperidine rings is 1. The molecule has 1 aromatic heterocycles. The van der Waals surface area contributed by atoms with Crippen LogP contribution in [0.25, 0.3) is 11.3 Å². The SMILES string of the molecule is CCNC(=O)[C@]1(Cc2cc(-c3ccc(C)cc3)no2)CCCN(C(=O)C(C)C)C1. The zero-order valence-corrected chi connectivity index (χ0v) is 17.8. The number of nitrogens with one attached hydrogen (secondary N) is 1. The molecule has 0 saturated carbocycles. The second-order valence-corrected chi connectivity index (χ2v) is 8.38. The molecule has 0 unspecified atom stereocenters. The van der Waals surface area contributed by atoms with Crippen molar-refractivity contribution in [2.45, 2.75) is 47.0 Å². The van der Waals surface area contributed by atoms with E-state index in [1.165, 1.54) is 5.56 Å². The molecule has 156 valence electrons. The van der Waals surface area contributed by atoms with E-state index in [-0.39, 0.29) is 17.7 Å². The van der Waals surface area contributed by atoms with Gasteiger partial charge in [0.25, 0.3) is 0 Å². The van der Waals surface area contributed by atoms with Crippen LogP contribution in [0.15, 0.2) is 34.9 Å². The molecule has 1 N–H and O–H groups in total. The Kier molecular flexibility index (Phi) is 6.40. The zero-order valence-electron chi connectivity index (χ0n) is 17.8. The summed E-state index contributed by atoms with van der Waals surface area (Å²) in [5, 5.41) is 7.18. The van der Waals surface area contributed by atoms with Gasteiger partial charge in [0.1, 0.15) is 11.5 Å². The summed E-state index contributed by atoms with van der Waals surface area (Å²) in [6, 6.07) is 10.0. The quantitative estimate of drug-likeness (QED) is 0.808. The maximum absolute atomic E-state index is 13.1. The zero-order chi connectivity index (χ0) is 21.0. The third kappa shape index (κ3) is 4.69. The van der Waals surface area contributed by atoms with Crippen molar-refractivity contribution in [3.05, 3.63) is 41.7 Å². The van der Waals surface area contributed by atoms with Crippen LogP contribution in [-0.4, -0.2) is 41.5 Å². The highest BCUT2D eigenvalue weighted by atomic mass is 16.5. The first kappa shape index (κ1) is 21.1. The van der Waals surface area contributed by atoms with Gasteiger partial charge in [0.2, 0.25) is 11.8 Å². The standard InChI is InChI=1S/C23H31N3O3/c1-5-24-22(28)23(11-6-12-26(15-23)21(27)16(2)3)14-19-13-20(25-29-19)18-9-7-17(4)8-10-18/h7-10,13,16H,5-6,11-12,14-15H2,1-4H3,(H,24,28)/t23-/m0/s1. The summed E-state index contributed by atoms with van der Waals surface area (Å²) in [6.45, 7) is 9.42. The molecule has 1 aromatic carbocycles. The summed E-state index contributed by atoms with van der Waals surface area (Å²) >= 11 is 0. The van der Waals surface area contributed by atoms with Crippen LogP contribution in [0, 0.1) is 18.3 Å². The number of hydrogen-bond donors (Lipinski definition) is 1. The average Bonchev–Trinajstić information content (AvgIpc) is 3.16. The Morgan fingerprint density at radius 2 is 2.00 bits per heavy atom. The van der Waals surface area contributed by atoms with Crippen LogP contribution in [-0.2, 0) is 16.0 Å². The van der Waals surface area contributed by atoms with Gasteiger partial charge in [0, 0.05) is 43.6 Å². The third-order valence-corrected chi connectivity index (χ3v) is 5.62. The maximum Gasteiger partial charge on any atom is 0.228 e. The summed E-state index contributed by atoms with van der Waals surface area (Å²) in [5.74, 6) is 0.662. The van der Waals surface area contributed by atoms with Crippen molar-refractivity contribution in [3.63, 3.8) is 0 Å². The van der Waals surface area contributed by atoms with Crippen LogP contribution in [0.5, 0.6) is 0 Å². The summed E-state index contributed by atoms with van der Waals surface area (Å²) < 4.78 is 5.62.